The van der Waals surface area contributed by atoms with Crippen LogP contribution in [-0.2, 0) is 6.54 Å². The summed E-state index contributed by atoms with van der Waals surface area (Å²) >= 11 is 0. The normalized spacial score (nSPS) is 10.9. The number of aromatic nitrogens is 2. The fourth-order valence-electron chi connectivity index (χ4n) is 1.96. The fraction of sp³-hybridized carbons (Fsp3) is 0.0769. The average Bonchev–Trinajstić information content (AvgIpc) is 2.89. The van der Waals surface area contributed by atoms with E-state index in [1.807, 2.05) is 0 Å². The summed E-state index contributed by atoms with van der Waals surface area (Å²) in [4.78, 5) is 26.6. The summed E-state index contributed by atoms with van der Waals surface area (Å²) in [5.41, 5.74) is -0.908. The first-order valence-corrected chi connectivity index (χ1v) is 5.64. The Morgan fingerprint density at radius 1 is 1.21 bits per heavy atom. The molecule has 19 heavy (non-hydrogen) atoms. The van der Waals surface area contributed by atoms with Crippen LogP contribution in [0.3, 0.4) is 0 Å². The minimum atomic E-state index is -0.588. The summed E-state index contributed by atoms with van der Waals surface area (Å²) < 4.78 is 6.15. The molecule has 2 heterocycles. The smallest absolute Gasteiger partial charge is 0.329 e. The SMILES string of the molecule is O=c1[nH]c2c(O)cccc2c(=O)n1Cc1ccco1. The largest absolute Gasteiger partial charge is 0.506 e. The van der Waals surface area contributed by atoms with Gasteiger partial charge in [-0.2, -0.15) is 0 Å². The van der Waals surface area contributed by atoms with Gasteiger partial charge in [-0.1, -0.05) is 6.07 Å². The van der Waals surface area contributed by atoms with Gasteiger partial charge in [-0.05, 0) is 24.3 Å². The monoisotopic (exact) mass is 258 g/mol. The quantitative estimate of drug-likeness (QED) is 0.718. The third-order valence-corrected chi connectivity index (χ3v) is 2.89. The van der Waals surface area contributed by atoms with E-state index in [0.717, 1.165) is 4.57 Å². The van der Waals surface area contributed by atoms with Crippen molar-refractivity contribution in [2.45, 2.75) is 6.54 Å². The molecule has 6 nitrogen and oxygen atoms in total. The number of H-pyrrole nitrogens is 1. The Hall–Kier alpha value is -2.76. The second kappa shape index (κ2) is 4.16. The van der Waals surface area contributed by atoms with Crippen LogP contribution in [0.4, 0.5) is 0 Å². The molecule has 2 aromatic heterocycles. The highest BCUT2D eigenvalue weighted by Gasteiger charge is 2.11. The highest BCUT2D eigenvalue weighted by molar-refractivity contribution is 5.82. The molecule has 0 radical (unpaired) electrons. The Balaban J connectivity index is 2.27. The lowest BCUT2D eigenvalue weighted by Gasteiger charge is -2.05. The van der Waals surface area contributed by atoms with E-state index >= 15 is 0 Å². The van der Waals surface area contributed by atoms with Gasteiger partial charge in [0, 0.05) is 0 Å². The molecule has 0 atom stereocenters. The van der Waals surface area contributed by atoms with Gasteiger partial charge >= 0.3 is 5.69 Å². The van der Waals surface area contributed by atoms with Crippen molar-refractivity contribution in [1.29, 1.82) is 0 Å². The van der Waals surface area contributed by atoms with E-state index in [1.54, 1.807) is 24.3 Å². The summed E-state index contributed by atoms with van der Waals surface area (Å²) in [6, 6.07) is 7.87. The van der Waals surface area contributed by atoms with Crippen LogP contribution in [0, 0.1) is 0 Å². The molecule has 0 saturated carbocycles. The predicted octanol–water partition coefficient (Wildman–Crippen LogP) is 1.04. The number of phenols is 1. The van der Waals surface area contributed by atoms with E-state index in [4.69, 9.17) is 4.42 Å². The molecule has 0 spiro atoms. The van der Waals surface area contributed by atoms with Gasteiger partial charge in [0.1, 0.15) is 11.5 Å². The highest BCUT2D eigenvalue weighted by atomic mass is 16.3. The summed E-state index contributed by atoms with van der Waals surface area (Å²) in [7, 11) is 0. The number of furan rings is 1. The van der Waals surface area contributed by atoms with Crippen LogP contribution in [0.25, 0.3) is 10.9 Å². The zero-order valence-corrected chi connectivity index (χ0v) is 9.79. The van der Waals surface area contributed by atoms with Crippen molar-refractivity contribution >= 4 is 10.9 Å². The minimum absolute atomic E-state index is 0.0484. The van der Waals surface area contributed by atoms with Crippen LogP contribution in [0.1, 0.15) is 5.76 Å². The van der Waals surface area contributed by atoms with Crippen molar-refractivity contribution in [3.05, 3.63) is 63.2 Å². The third-order valence-electron chi connectivity index (χ3n) is 2.89. The first-order chi connectivity index (χ1) is 9.16. The van der Waals surface area contributed by atoms with Gasteiger partial charge in [0.05, 0.1) is 23.7 Å². The van der Waals surface area contributed by atoms with Gasteiger partial charge in [-0.15, -0.1) is 0 Å². The van der Waals surface area contributed by atoms with Crippen LogP contribution < -0.4 is 11.2 Å². The first kappa shape index (κ1) is 11.3. The molecule has 2 N–H and O–H groups in total. The Labute approximate surface area is 106 Å². The lowest BCUT2D eigenvalue weighted by molar-refractivity contribution is 0.477. The molecule has 3 rings (SSSR count). The Bertz CT molecular complexity index is 843. The number of benzene rings is 1. The molecule has 96 valence electrons. The standard InChI is InChI=1S/C13H10N2O4/c16-10-5-1-4-9-11(10)14-13(18)15(12(9)17)7-8-3-2-6-19-8/h1-6,16H,7H2,(H,14,18). The molecule has 0 unspecified atom stereocenters. The lowest BCUT2D eigenvalue weighted by atomic mass is 10.2. The zero-order valence-electron chi connectivity index (χ0n) is 9.79. The van der Waals surface area contributed by atoms with Crippen molar-refractivity contribution in [2.75, 3.05) is 0 Å². The number of fused-ring (bicyclic) bond motifs is 1. The minimum Gasteiger partial charge on any atom is -0.506 e. The maximum Gasteiger partial charge on any atom is 0.329 e. The molecule has 0 aliphatic rings. The molecule has 0 amide bonds. The Morgan fingerprint density at radius 3 is 2.79 bits per heavy atom. The van der Waals surface area contributed by atoms with Gasteiger partial charge in [0.15, 0.2) is 0 Å². The van der Waals surface area contributed by atoms with Crippen molar-refractivity contribution in [3.8, 4) is 5.75 Å². The first-order valence-electron chi connectivity index (χ1n) is 5.64. The molecule has 3 aromatic rings. The average molecular weight is 258 g/mol. The zero-order chi connectivity index (χ0) is 13.4. The van der Waals surface area contributed by atoms with E-state index in [-0.39, 0.29) is 23.2 Å². The number of aromatic hydroxyl groups is 1. The number of hydrogen-bond acceptors (Lipinski definition) is 4. The predicted molar refractivity (Wildman–Crippen MR) is 68.3 cm³/mol. The summed E-state index contributed by atoms with van der Waals surface area (Å²) in [6.07, 6.45) is 1.47. The van der Waals surface area contributed by atoms with Crippen LogP contribution in [0.15, 0.2) is 50.6 Å². The molecule has 0 aliphatic carbocycles. The van der Waals surface area contributed by atoms with Crippen LogP contribution >= 0.6 is 0 Å². The van der Waals surface area contributed by atoms with Crippen LogP contribution in [-0.4, -0.2) is 14.7 Å². The van der Waals surface area contributed by atoms with Crippen LogP contribution in [0.2, 0.25) is 0 Å². The topological polar surface area (TPSA) is 88.2 Å². The van der Waals surface area contributed by atoms with Gasteiger partial charge in [0.2, 0.25) is 0 Å². The molecule has 0 aliphatic heterocycles. The van der Waals surface area contributed by atoms with E-state index in [0.29, 0.717) is 5.76 Å². The molecule has 0 bridgehead atoms. The number of para-hydroxylation sites is 1. The van der Waals surface area contributed by atoms with E-state index in [1.165, 1.54) is 12.3 Å². The molecular weight excluding hydrogens is 248 g/mol. The van der Waals surface area contributed by atoms with Crippen molar-refractivity contribution in [3.63, 3.8) is 0 Å². The van der Waals surface area contributed by atoms with Crippen molar-refractivity contribution < 1.29 is 9.52 Å². The Kier molecular flexibility index (Phi) is 2.49. The van der Waals surface area contributed by atoms with Crippen molar-refractivity contribution in [1.82, 2.24) is 9.55 Å². The lowest BCUT2D eigenvalue weighted by Crippen LogP contribution is -2.35. The molecule has 1 aromatic carbocycles. The highest BCUT2D eigenvalue weighted by Crippen LogP contribution is 2.17. The molecule has 0 fully saturated rings. The Morgan fingerprint density at radius 2 is 2.05 bits per heavy atom. The van der Waals surface area contributed by atoms with Crippen LogP contribution in [0.5, 0.6) is 5.75 Å². The fourth-order valence-corrected chi connectivity index (χ4v) is 1.96. The van der Waals surface area contributed by atoms with E-state index < -0.39 is 11.2 Å². The molecular formula is C13H10N2O4. The maximum absolute atomic E-state index is 12.2. The number of aromatic amines is 1. The van der Waals surface area contributed by atoms with E-state index in [9.17, 15) is 14.7 Å². The third kappa shape index (κ3) is 1.83. The number of phenolic OH excluding ortho intramolecular Hbond substituents is 1. The second-order valence-electron chi connectivity index (χ2n) is 4.10. The maximum atomic E-state index is 12.2. The van der Waals surface area contributed by atoms with Gasteiger partial charge in [0.25, 0.3) is 5.56 Å². The summed E-state index contributed by atoms with van der Waals surface area (Å²) in [5, 5.41) is 9.89. The van der Waals surface area contributed by atoms with Gasteiger partial charge in [-0.25, -0.2) is 4.79 Å². The number of rotatable bonds is 2. The van der Waals surface area contributed by atoms with Gasteiger partial charge < -0.3 is 14.5 Å². The second-order valence-corrected chi connectivity index (χ2v) is 4.10. The summed E-state index contributed by atoms with van der Waals surface area (Å²) in [6.45, 7) is 0.0484. The molecule has 6 heteroatoms. The number of nitrogens with one attached hydrogen (secondary N) is 1. The van der Waals surface area contributed by atoms with Crippen molar-refractivity contribution in [2.24, 2.45) is 0 Å². The van der Waals surface area contributed by atoms with E-state index in [2.05, 4.69) is 4.98 Å². The molecule has 0 saturated heterocycles. The summed E-state index contributed by atoms with van der Waals surface area (Å²) in [5.74, 6) is 0.379. The number of hydrogen-bond donors (Lipinski definition) is 2. The number of nitrogens with zero attached hydrogens (tertiary/aromatic N) is 1. The van der Waals surface area contributed by atoms with Gasteiger partial charge in [-0.3, -0.25) is 9.36 Å².